The zero-order valence-electron chi connectivity index (χ0n) is 9.86. The van der Waals surface area contributed by atoms with Gasteiger partial charge in [0.15, 0.2) is 0 Å². The molecule has 0 aromatic carbocycles. The Labute approximate surface area is 106 Å². The number of aryl methyl sites for hydroxylation is 1. The van der Waals surface area contributed by atoms with Crippen LogP contribution in [0.3, 0.4) is 0 Å². The molecular formula is C11H13N3O3S. The first kappa shape index (κ1) is 12.6. The van der Waals surface area contributed by atoms with Gasteiger partial charge in [-0.05, 0) is 12.5 Å². The molecule has 0 spiro atoms. The van der Waals surface area contributed by atoms with Gasteiger partial charge in [-0.15, -0.1) is 11.3 Å². The maximum Gasteiger partial charge on any atom is 0.329 e. The number of hydrogen-bond donors (Lipinski definition) is 2. The van der Waals surface area contributed by atoms with E-state index in [4.69, 9.17) is 5.73 Å². The lowest BCUT2D eigenvalue weighted by molar-refractivity contribution is -0.118. The van der Waals surface area contributed by atoms with Gasteiger partial charge in [-0.25, -0.2) is 4.79 Å². The Hall–Kier alpha value is -1.89. The van der Waals surface area contributed by atoms with E-state index in [1.54, 1.807) is 6.07 Å². The minimum atomic E-state index is -0.541. The van der Waals surface area contributed by atoms with Crippen molar-refractivity contribution >= 4 is 27.5 Å². The van der Waals surface area contributed by atoms with E-state index < -0.39 is 11.6 Å². The molecule has 0 saturated carbocycles. The van der Waals surface area contributed by atoms with Crippen LogP contribution in [0.15, 0.2) is 15.7 Å². The van der Waals surface area contributed by atoms with Gasteiger partial charge in [0, 0.05) is 17.8 Å². The second-order valence-corrected chi connectivity index (χ2v) is 5.05. The van der Waals surface area contributed by atoms with Crippen LogP contribution in [0.25, 0.3) is 10.2 Å². The first-order valence-electron chi connectivity index (χ1n) is 5.56. The summed E-state index contributed by atoms with van der Waals surface area (Å²) in [5, 5.41) is 0.487. The minimum Gasteiger partial charge on any atom is -0.370 e. The molecule has 3 N–H and O–H groups in total. The van der Waals surface area contributed by atoms with Crippen molar-refractivity contribution < 1.29 is 4.79 Å². The second-order valence-electron chi connectivity index (χ2n) is 3.91. The molecule has 0 bridgehead atoms. The van der Waals surface area contributed by atoms with Crippen molar-refractivity contribution in [1.29, 1.82) is 0 Å². The van der Waals surface area contributed by atoms with Gasteiger partial charge in [-0.1, -0.05) is 6.92 Å². The number of rotatable bonds is 4. The molecule has 0 aliphatic rings. The van der Waals surface area contributed by atoms with Gasteiger partial charge in [-0.2, -0.15) is 0 Å². The molecule has 2 heterocycles. The van der Waals surface area contributed by atoms with Crippen molar-refractivity contribution in [3.05, 3.63) is 31.8 Å². The molecule has 96 valence electrons. The number of H-pyrrole nitrogens is 1. The molecule has 0 radical (unpaired) electrons. The summed E-state index contributed by atoms with van der Waals surface area (Å²) in [7, 11) is 0. The van der Waals surface area contributed by atoms with E-state index in [9.17, 15) is 14.4 Å². The number of carbonyl (C=O) groups excluding carboxylic acids is 1. The Morgan fingerprint density at radius 1 is 1.50 bits per heavy atom. The van der Waals surface area contributed by atoms with E-state index in [0.29, 0.717) is 10.2 Å². The number of primary amides is 1. The third kappa shape index (κ3) is 2.21. The molecule has 0 fully saturated rings. The van der Waals surface area contributed by atoms with E-state index in [2.05, 4.69) is 4.98 Å². The molecule has 0 atom stereocenters. The van der Waals surface area contributed by atoms with Crippen molar-refractivity contribution in [3.63, 3.8) is 0 Å². The number of carbonyl (C=O) groups is 1. The van der Waals surface area contributed by atoms with Crippen molar-refractivity contribution in [2.24, 2.45) is 5.73 Å². The van der Waals surface area contributed by atoms with Crippen LogP contribution >= 0.6 is 11.3 Å². The Kier molecular flexibility index (Phi) is 3.33. The minimum absolute atomic E-state index is 0.0107. The fourth-order valence-corrected chi connectivity index (χ4v) is 2.67. The van der Waals surface area contributed by atoms with E-state index in [1.807, 2.05) is 6.92 Å². The van der Waals surface area contributed by atoms with Crippen LogP contribution < -0.4 is 17.0 Å². The smallest absolute Gasteiger partial charge is 0.329 e. The maximum atomic E-state index is 12.1. The normalized spacial score (nSPS) is 10.9. The number of aromatic amines is 1. The summed E-state index contributed by atoms with van der Waals surface area (Å²) in [5.41, 5.74) is 4.14. The number of aromatic nitrogens is 2. The van der Waals surface area contributed by atoms with Crippen LogP contribution in [-0.4, -0.2) is 15.5 Å². The van der Waals surface area contributed by atoms with Gasteiger partial charge in [0.25, 0.3) is 5.56 Å². The highest BCUT2D eigenvalue weighted by atomic mass is 32.1. The Morgan fingerprint density at radius 3 is 2.83 bits per heavy atom. The molecule has 7 heteroatoms. The standard InChI is InChI=1S/C11H13N3O3S/c1-2-6-5-7-9(18-6)13-11(17)14(10(7)16)4-3-8(12)15/h5H,2-4H2,1H3,(H2,12,15)(H,13,17). The largest absolute Gasteiger partial charge is 0.370 e. The fourth-order valence-electron chi connectivity index (χ4n) is 1.70. The van der Waals surface area contributed by atoms with E-state index >= 15 is 0 Å². The third-order valence-corrected chi connectivity index (χ3v) is 3.85. The molecule has 18 heavy (non-hydrogen) atoms. The molecule has 0 saturated heterocycles. The van der Waals surface area contributed by atoms with Gasteiger partial charge < -0.3 is 5.73 Å². The summed E-state index contributed by atoms with van der Waals surface area (Å²) < 4.78 is 1.01. The summed E-state index contributed by atoms with van der Waals surface area (Å²) in [4.78, 5) is 38.8. The average molecular weight is 267 g/mol. The molecule has 6 nitrogen and oxygen atoms in total. The van der Waals surface area contributed by atoms with Crippen molar-refractivity contribution in [3.8, 4) is 0 Å². The zero-order chi connectivity index (χ0) is 13.3. The van der Waals surface area contributed by atoms with Crippen LogP contribution in [0.4, 0.5) is 0 Å². The zero-order valence-corrected chi connectivity index (χ0v) is 10.7. The summed E-state index contributed by atoms with van der Waals surface area (Å²) >= 11 is 1.40. The Balaban J connectivity index is 2.57. The Bertz CT molecular complexity index is 710. The number of hydrogen-bond acceptors (Lipinski definition) is 4. The molecule has 0 unspecified atom stereocenters. The van der Waals surface area contributed by atoms with Crippen LogP contribution in [0.1, 0.15) is 18.2 Å². The van der Waals surface area contributed by atoms with Crippen molar-refractivity contribution in [1.82, 2.24) is 9.55 Å². The van der Waals surface area contributed by atoms with Gasteiger partial charge in [0.1, 0.15) is 4.83 Å². The molecule has 0 aliphatic heterocycles. The first-order valence-corrected chi connectivity index (χ1v) is 6.38. The lowest BCUT2D eigenvalue weighted by atomic mass is 10.3. The summed E-state index contributed by atoms with van der Waals surface area (Å²) in [6.07, 6.45) is 0.779. The topological polar surface area (TPSA) is 97.9 Å². The monoisotopic (exact) mass is 267 g/mol. The molecule has 2 aromatic rings. The SMILES string of the molecule is CCc1cc2c(=O)n(CCC(N)=O)c(=O)[nH]c2s1. The summed E-state index contributed by atoms with van der Waals surface area (Å²) in [6, 6.07) is 1.78. The number of nitrogens with zero attached hydrogens (tertiary/aromatic N) is 1. The highest BCUT2D eigenvalue weighted by molar-refractivity contribution is 7.18. The molecule has 1 amide bonds. The van der Waals surface area contributed by atoms with Crippen molar-refractivity contribution in [2.45, 2.75) is 26.3 Å². The number of nitrogens with one attached hydrogen (secondary N) is 1. The van der Waals surface area contributed by atoms with Crippen molar-refractivity contribution in [2.75, 3.05) is 0 Å². The third-order valence-electron chi connectivity index (χ3n) is 2.65. The van der Waals surface area contributed by atoms with Crippen LogP contribution in [0.5, 0.6) is 0 Å². The van der Waals surface area contributed by atoms with Crippen LogP contribution in [0, 0.1) is 0 Å². The molecule has 2 rings (SSSR count). The maximum absolute atomic E-state index is 12.1. The summed E-state index contributed by atoms with van der Waals surface area (Å²) in [6.45, 7) is 1.99. The average Bonchev–Trinajstić information content (AvgIpc) is 2.71. The van der Waals surface area contributed by atoms with Gasteiger partial charge >= 0.3 is 5.69 Å². The lowest BCUT2D eigenvalue weighted by Gasteiger charge is -2.02. The van der Waals surface area contributed by atoms with E-state index in [0.717, 1.165) is 15.9 Å². The first-order chi connectivity index (χ1) is 8.52. The molecule has 0 aliphatic carbocycles. The highest BCUT2D eigenvalue weighted by Crippen LogP contribution is 2.20. The second kappa shape index (κ2) is 4.77. The predicted molar refractivity (Wildman–Crippen MR) is 69.9 cm³/mol. The van der Waals surface area contributed by atoms with Gasteiger partial charge in [0.05, 0.1) is 5.39 Å². The van der Waals surface area contributed by atoms with E-state index in [1.165, 1.54) is 11.3 Å². The predicted octanol–water partition coefficient (Wildman–Crippen LogP) is 0.189. The number of fused-ring (bicyclic) bond motifs is 1. The Morgan fingerprint density at radius 2 is 2.22 bits per heavy atom. The van der Waals surface area contributed by atoms with E-state index in [-0.39, 0.29) is 18.5 Å². The lowest BCUT2D eigenvalue weighted by Crippen LogP contribution is -2.35. The molecule has 2 aromatic heterocycles. The quantitative estimate of drug-likeness (QED) is 0.827. The number of amides is 1. The van der Waals surface area contributed by atoms with Gasteiger partial charge in [0.2, 0.25) is 5.91 Å². The summed E-state index contributed by atoms with van der Waals surface area (Å²) in [5.74, 6) is -0.541. The number of thiophene rings is 1. The number of nitrogens with two attached hydrogens (primary N) is 1. The highest BCUT2D eigenvalue weighted by Gasteiger charge is 2.11. The molecular weight excluding hydrogens is 254 g/mol. The fraction of sp³-hybridized carbons (Fsp3) is 0.364. The van der Waals surface area contributed by atoms with Gasteiger partial charge in [-0.3, -0.25) is 19.1 Å². The van der Waals surface area contributed by atoms with Crippen LogP contribution in [0.2, 0.25) is 0 Å². The van der Waals surface area contributed by atoms with Crippen LogP contribution in [-0.2, 0) is 17.8 Å².